The van der Waals surface area contributed by atoms with Crippen LogP contribution in [-0.4, -0.2) is 5.97 Å². The number of rotatable bonds is 4. The lowest BCUT2D eigenvalue weighted by Crippen LogP contribution is -2.08. The van der Waals surface area contributed by atoms with Gasteiger partial charge >= 0.3 is 5.97 Å². The molecule has 0 amide bonds. The van der Waals surface area contributed by atoms with Gasteiger partial charge in [0.25, 0.3) is 0 Å². The van der Waals surface area contributed by atoms with E-state index in [-0.39, 0.29) is 5.97 Å². The highest BCUT2D eigenvalue weighted by Crippen LogP contribution is 2.13. The Morgan fingerprint density at radius 3 is 2.40 bits per heavy atom. The average Bonchev–Trinajstić information content (AvgIpc) is 2.19. The van der Waals surface area contributed by atoms with Crippen LogP contribution in [0, 0.1) is 12.8 Å². The van der Waals surface area contributed by atoms with E-state index in [0.29, 0.717) is 18.1 Å². The highest BCUT2D eigenvalue weighted by molar-refractivity contribution is 5.72. The molecule has 0 bridgehead atoms. The number of esters is 1. The van der Waals surface area contributed by atoms with Crippen LogP contribution in [-0.2, 0) is 4.79 Å². The van der Waals surface area contributed by atoms with Gasteiger partial charge in [-0.05, 0) is 31.4 Å². The molecule has 0 aromatic heterocycles. The Hall–Kier alpha value is -1.31. The fourth-order valence-corrected chi connectivity index (χ4v) is 1.20. The zero-order valence-electron chi connectivity index (χ0n) is 9.62. The van der Waals surface area contributed by atoms with E-state index in [1.54, 1.807) is 0 Å². The van der Waals surface area contributed by atoms with E-state index in [1.807, 2.05) is 31.2 Å². The summed E-state index contributed by atoms with van der Waals surface area (Å²) in [5, 5.41) is 0. The van der Waals surface area contributed by atoms with E-state index < -0.39 is 0 Å². The van der Waals surface area contributed by atoms with Crippen molar-refractivity contribution in [1.82, 2.24) is 0 Å². The van der Waals surface area contributed by atoms with Crippen LogP contribution in [0.15, 0.2) is 24.3 Å². The van der Waals surface area contributed by atoms with E-state index in [2.05, 4.69) is 13.8 Å². The summed E-state index contributed by atoms with van der Waals surface area (Å²) < 4.78 is 5.18. The van der Waals surface area contributed by atoms with Crippen LogP contribution in [0.2, 0.25) is 0 Å². The van der Waals surface area contributed by atoms with E-state index >= 15 is 0 Å². The Morgan fingerprint density at radius 1 is 1.27 bits per heavy atom. The fraction of sp³-hybridized carbons (Fsp3) is 0.462. The molecule has 0 aliphatic heterocycles. The number of aryl methyl sites for hydroxylation is 1. The van der Waals surface area contributed by atoms with Crippen molar-refractivity contribution in [1.29, 1.82) is 0 Å². The molecule has 1 rings (SSSR count). The van der Waals surface area contributed by atoms with Crippen molar-refractivity contribution < 1.29 is 9.53 Å². The van der Waals surface area contributed by atoms with Crippen LogP contribution >= 0.6 is 0 Å². The number of ether oxygens (including phenoxy) is 1. The summed E-state index contributed by atoms with van der Waals surface area (Å²) in [5.41, 5.74) is 1.16. The second-order valence-corrected chi connectivity index (χ2v) is 4.22. The highest BCUT2D eigenvalue weighted by atomic mass is 16.5. The molecular formula is C13H18O2. The monoisotopic (exact) mass is 206 g/mol. The van der Waals surface area contributed by atoms with Gasteiger partial charge in [-0.15, -0.1) is 0 Å². The van der Waals surface area contributed by atoms with E-state index in [9.17, 15) is 4.79 Å². The summed E-state index contributed by atoms with van der Waals surface area (Å²) >= 11 is 0. The van der Waals surface area contributed by atoms with Gasteiger partial charge in [0.1, 0.15) is 5.75 Å². The van der Waals surface area contributed by atoms with Gasteiger partial charge in [-0.3, -0.25) is 4.79 Å². The molecule has 1 aromatic carbocycles. The third-order valence-corrected chi connectivity index (χ3v) is 2.18. The maximum Gasteiger partial charge on any atom is 0.311 e. The zero-order chi connectivity index (χ0) is 11.3. The molecule has 1 aromatic rings. The van der Waals surface area contributed by atoms with Gasteiger partial charge in [0.2, 0.25) is 0 Å². The second-order valence-electron chi connectivity index (χ2n) is 4.22. The molecule has 2 nitrogen and oxygen atoms in total. The van der Waals surface area contributed by atoms with Gasteiger partial charge in [-0.1, -0.05) is 31.5 Å². The third kappa shape index (κ3) is 4.63. The van der Waals surface area contributed by atoms with Crippen molar-refractivity contribution in [3.63, 3.8) is 0 Å². The van der Waals surface area contributed by atoms with Crippen LogP contribution in [0.3, 0.4) is 0 Å². The molecule has 15 heavy (non-hydrogen) atoms. The summed E-state index contributed by atoms with van der Waals surface area (Å²) in [7, 11) is 0. The first kappa shape index (κ1) is 11.8. The molecule has 0 fully saturated rings. The van der Waals surface area contributed by atoms with Crippen LogP contribution in [0.25, 0.3) is 0 Å². The minimum absolute atomic E-state index is 0.146. The van der Waals surface area contributed by atoms with Crippen molar-refractivity contribution >= 4 is 5.97 Å². The molecule has 0 saturated carbocycles. The van der Waals surface area contributed by atoms with Gasteiger partial charge in [0, 0.05) is 6.42 Å². The van der Waals surface area contributed by atoms with Crippen molar-refractivity contribution in [3.8, 4) is 5.75 Å². The number of carbonyl (C=O) groups excluding carboxylic acids is 1. The highest BCUT2D eigenvalue weighted by Gasteiger charge is 2.05. The lowest BCUT2D eigenvalue weighted by Gasteiger charge is -2.05. The van der Waals surface area contributed by atoms with Gasteiger partial charge in [-0.2, -0.15) is 0 Å². The summed E-state index contributed by atoms with van der Waals surface area (Å²) in [4.78, 5) is 11.4. The third-order valence-electron chi connectivity index (χ3n) is 2.18. The molecule has 0 atom stereocenters. The van der Waals surface area contributed by atoms with Crippen LogP contribution in [0.1, 0.15) is 32.3 Å². The number of hydrogen-bond acceptors (Lipinski definition) is 2. The van der Waals surface area contributed by atoms with Gasteiger partial charge < -0.3 is 4.74 Å². The fourth-order valence-electron chi connectivity index (χ4n) is 1.20. The zero-order valence-corrected chi connectivity index (χ0v) is 9.62. The van der Waals surface area contributed by atoms with E-state index in [4.69, 9.17) is 4.74 Å². The molecular weight excluding hydrogens is 188 g/mol. The second kappa shape index (κ2) is 5.54. The normalized spacial score (nSPS) is 10.4. The van der Waals surface area contributed by atoms with Crippen molar-refractivity contribution in [2.45, 2.75) is 33.6 Å². The number of benzene rings is 1. The predicted molar refractivity (Wildman–Crippen MR) is 60.9 cm³/mol. The van der Waals surface area contributed by atoms with Crippen LogP contribution < -0.4 is 4.74 Å². The molecule has 0 heterocycles. The summed E-state index contributed by atoms with van der Waals surface area (Å²) in [6, 6.07) is 7.52. The summed E-state index contributed by atoms with van der Waals surface area (Å²) in [5.74, 6) is 1.03. The molecule has 0 aliphatic rings. The Bertz CT molecular complexity index is 312. The van der Waals surface area contributed by atoms with Crippen molar-refractivity contribution in [2.24, 2.45) is 5.92 Å². The number of carbonyl (C=O) groups is 1. The minimum Gasteiger partial charge on any atom is -0.427 e. The Morgan fingerprint density at radius 2 is 1.87 bits per heavy atom. The van der Waals surface area contributed by atoms with E-state index in [0.717, 1.165) is 12.0 Å². The SMILES string of the molecule is Cc1ccc(OC(=O)CCC(C)C)cc1. The van der Waals surface area contributed by atoms with Gasteiger partial charge in [0.15, 0.2) is 0 Å². The largest absolute Gasteiger partial charge is 0.427 e. The Kier molecular flexibility index (Phi) is 4.35. The predicted octanol–water partition coefficient (Wildman–Crippen LogP) is 3.34. The molecule has 0 spiro atoms. The van der Waals surface area contributed by atoms with Crippen LogP contribution in [0.4, 0.5) is 0 Å². The Labute approximate surface area is 91.3 Å². The van der Waals surface area contributed by atoms with Crippen LogP contribution in [0.5, 0.6) is 5.75 Å². The first-order chi connectivity index (χ1) is 7.08. The van der Waals surface area contributed by atoms with Crippen molar-refractivity contribution in [2.75, 3.05) is 0 Å². The van der Waals surface area contributed by atoms with Gasteiger partial charge in [0.05, 0.1) is 0 Å². The number of hydrogen-bond donors (Lipinski definition) is 0. The average molecular weight is 206 g/mol. The summed E-state index contributed by atoms with van der Waals surface area (Å²) in [6.07, 6.45) is 1.37. The first-order valence-electron chi connectivity index (χ1n) is 5.35. The molecule has 0 saturated heterocycles. The maximum atomic E-state index is 11.4. The first-order valence-corrected chi connectivity index (χ1v) is 5.35. The standard InChI is InChI=1S/C13H18O2/c1-10(2)4-9-13(14)15-12-7-5-11(3)6-8-12/h5-8,10H,4,9H2,1-3H3. The Balaban J connectivity index is 2.41. The smallest absolute Gasteiger partial charge is 0.311 e. The molecule has 0 unspecified atom stereocenters. The van der Waals surface area contributed by atoms with Gasteiger partial charge in [-0.25, -0.2) is 0 Å². The lowest BCUT2D eigenvalue weighted by atomic mass is 10.1. The topological polar surface area (TPSA) is 26.3 Å². The maximum absolute atomic E-state index is 11.4. The molecule has 0 aliphatic carbocycles. The molecule has 0 N–H and O–H groups in total. The molecule has 0 radical (unpaired) electrons. The summed E-state index contributed by atoms with van der Waals surface area (Å²) in [6.45, 7) is 6.20. The quantitative estimate of drug-likeness (QED) is 0.558. The van der Waals surface area contributed by atoms with Crippen molar-refractivity contribution in [3.05, 3.63) is 29.8 Å². The molecule has 82 valence electrons. The van der Waals surface area contributed by atoms with E-state index in [1.165, 1.54) is 0 Å². The minimum atomic E-state index is -0.146. The molecule has 2 heteroatoms. The lowest BCUT2D eigenvalue weighted by molar-refractivity contribution is -0.134.